The third kappa shape index (κ3) is 5.50. The summed E-state index contributed by atoms with van der Waals surface area (Å²) < 4.78 is 0. The fraction of sp³-hybridized carbons (Fsp3) is 0.536. The lowest BCUT2D eigenvalue weighted by atomic mass is 9.90. The lowest BCUT2D eigenvalue weighted by Crippen LogP contribution is -2.57. The number of phenolic OH excluding ortho intramolecular Hbond substituents is 1. The third-order valence-corrected chi connectivity index (χ3v) is 7.84. The minimum Gasteiger partial charge on any atom is -0.508 e. The van der Waals surface area contributed by atoms with Crippen molar-refractivity contribution in [3.05, 3.63) is 59.4 Å². The summed E-state index contributed by atoms with van der Waals surface area (Å²) in [5.41, 5.74) is 2.83. The van der Waals surface area contributed by atoms with Crippen LogP contribution in [0.4, 0.5) is 0 Å². The normalized spacial score (nSPS) is 21.0. The second-order valence-electron chi connectivity index (χ2n) is 10.3. The molecule has 3 aliphatic rings. The van der Waals surface area contributed by atoms with Crippen LogP contribution in [0.25, 0.3) is 0 Å². The van der Waals surface area contributed by atoms with Gasteiger partial charge in [0.15, 0.2) is 0 Å². The average Bonchev–Trinajstić information content (AvgIpc) is 3.40. The van der Waals surface area contributed by atoms with E-state index >= 15 is 0 Å². The molecule has 1 aliphatic carbocycles. The summed E-state index contributed by atoms with van der Waals surface area (Å²) in [6, 6.07) is 10.7. The second-order valence-corrected chi connectivity index (χ2v) is 10.3. The van der Waals surface area contributed by atoms with E-state index in [0.717, 1.165) is 68.4 Å². The zero-order chi connectivity index (χ0) is 24.2. The van der Waals surface area contributed by atoms with Crippen molar-refractivity contribution < 1.29 is 14.7 Å². The molecule has 35 heavy (non-hydrogen) atoms. The monoisotopic (exact) mass is 476 g/mol. The number of hydrogen-bond acceptors (Lipinski definition) is 5. The molecule has 1 saturated carbocycles. The molecule has 0 bridgehead atoms. The highest BCUT2D eigenvalue weighted by molar-refractivity contribution is 5.89. The second kappa shape index (κ2) is 10.8. The highest BCUT2D eigenvalue weighted by atomic mass is 16.3. The molecule has 7 heteroatoms. The van der Waals surface area contributed by atoms with Gasteiger partial charge in [0.25, 0.3) is 0 Å². The molecule has 1 saturated heterocycles. The van der Waals surface area contributed by atoms with Gasteiger partial charge in [0, 0.05) is 25.2 Å². The highest BCUT2D eigenvalue weighted by Gasteiger charge is 2.39. The number of carbonyl (C=O) groups is 2. The van der Waals surface area contributed by atoms with E-state index in [1.807, 2.05) is 29.2 Å². The van der Waals surface area contributed by atoms with Crippen molar-refractivity contribution in [2.24, 2.45) is 0 Å². The van der Waals surface area contributed by atoms with Crippen molar-refractivity contribution >= 4 is 11.8 Å². The minimum atomic E-state index is -0.565. The van der Waals surface area contributed by atoms with Crippen LogP contribution in [0.3, 0.4) is 0 Å². The van der Waals surface area contributed by atoms with Crippen molar-refractivity contribution in [3.8, 4) is 5.75 Å². The quantitative estimate of drug-likeness (QED) is 0.691. The summed E-state index contributed by atoms with van der Waals surface area (Å²) in [5, 5.41) is 10.1. The molecule has 3 heterocycles. The first-order chi connectivity index (χ1) is 17.1. The molecular formula is C28H36N4O3. The number of aromatic hydroxyl groups is 1. The molecule has 2 aliphatic heterocycles. The van der Waals surface area contributed by atoms with E-state index in [-0.39, 0.29) is 23.6 Å². The molecule has 5 rings (SSSR count). The predicted octanol–water partition coefficient (Wildman–Crippen LogP) is 3.50. The fourth-order valence-electron chi connectivity index (χ4n) is 5.91. The van der Waals surface area contributed by atoms with Crippen molar-refractivity contribution in [2.45, 2.75) is 76.5 Å². The van der Waals surface area contributed by atoms with E-state index in [1.54, 1.807) is 23.2 Å². The molecule has 186 valence electrons. The zero-order valence-electron chi connectivity index (χ0n) is 20.4. The van der Waals surface area contributed by atoms with Crippen LogP contribution in [0, 0.1) is 0 Å². The first kappa shape index (κ1) is 23.8. The molecule has 2 aromatic rings. The lowest BCUT2D eigenvalue weighted by Gasteiger charge is -2.42. The van der Waals surface area contributed by atoms with Crippen molar-refractivity contribution in [1.82, 2.24) is 19.7 Å². The first-order valence-electron chi connectivity index (χ1n) is 13.1. The van der Waals surface area contributed by atoms with Crippen molar-refractivity contribution in [2.75, 3.05) is 19.6 Å². The van der Waals surface area contributed by atoms with Crippen LogP contribution in [0.5, 0.6) is 5.75 Å². The fourth-order valence-corrected chi connectivity index (χ4v) is 5.91. The number of likely N-dealkylation sites (tertiary alicyclic amines) is 1. The van der Waals surface area contributed by atoms with E-state index < -0.39 is 6.04 Å². The van der Waals surface area contributed by atoms with Crippen LogP contribution in [0.15, 0.2) is 42.6 Å². The molecule has 0 radical (unpaired) electrons. The number of fused-ring (bicyclic) bond motifs is 1. The Balaban J connectivity index is 1.44. The third-order valence-electron chi connectivity index (χ3n) is 7.84. The maximum atomic E-state index is 14.3. The van der Waals surface area contributed by atoms with Gasteiger partial charge in [0.05, 0.1) is 18.8 Å². The van der Waals surface area contributed by atoms with Gasteiger partial charge in [-0.25, -0.2) is 0 Å². The Morgan fingerprint density at radius 1 is 1.00 bits per heavy atom. The molecule has 0 spiro atoms. The maximum absolute atomic E-state index is 14.3. The number of nitrogens with zero attached hydrogens (tertiary/aromatic N) is 4. The summed E-state index contributed by atoms with van der Waals surface area (Å²) in [5.74, 6) is 0.223. The van der Waals surface area contributed by atoms with Crippen molar-refractivity contribution in [1.29, 1.82) is 0 Å². The number of aromatic nitrogens is 1. The number of benzene rings is 1. The molecule has 1 aromatic heterocycles. The van der Waals surface area contributed by atoms with E-state index in [9.17, 15) is 14.7 Å². The molecular weight excluding hydrogens is 440 g/mol. The summed E-state index contributed by atoms with van der Waals surface area (Å²) in [4.78, 5) is 38.3. The van der Waals surface area contributed by atoms with E-state index in [4.69, 9.17) is 0 Å². The predicted molar refractivity (Wildman–Crippen MR) is 133 cm³/mol. The standard InChI is InChI=1S/C28H36N4O3/c33-25-12-11-21-18-32(27(34)20-30-14-6-7-15-30)26(17-22(21)16-25)28(35)31(24-9-2-1-3-10-24)19-23-8-4-5-13-29-23/h4-5,8,11-13,16,24,26,33H,1-3,6-7,9-10,14-15,17-20H2. The number of rotatable bonds is 6. The van der Waals surface area contributed by atoms with Crippen LogP contribution in [-0.4, -0.2) is 68.3 Å². The van der Waals surface area contributed by atoms with Gasteiger partial charge in [-0.15, -0.1) is 0 Å². The van der Waals surface area contributed by atoms with Gasteiger partial charge in [-0.05, 0) is 74.2 Å². The van der Waals surface area contributed by atoms with Gasteiger partial charge in [0.2, 0.25) is 11.8 Å². The van der Waals surface area contributed by atoms with Crippen LogP contribution >= 0.6 is 0 Å². The summed E-state index contributed by atoms with van der Waals surface area (Å²) in [6.07, 6.45) is 9.87. The summed E-state index contributed by atoms with van der Waals surface area (Å²) in [7, 11) is 0. The van der Waals surface area contributed by atoms with Gasteiger partial charge in [-0.1, -0.05) is 31.4 Å². The van der Waals surface area contributed by atoms with Gasteiger partial charge in [-0.2, -0.15) is 0 Å². The van der Waals surface area contributed by atoms with Crippen LogP contribution < -0.4 is 0 Å². The van der Waals surface area contributed by atoms with E-state index in [2.05, 4.69) is 9.88 Å². The Morgan fingerprint density at radius 2 is 1.80 bits per heavy atom. The average molecular weight is 477 g/mol. The van der Waals surface area contributed by atoms with E-state index in [1.165, 1.54) is 6.42 Å². The molecule has 7 nitrogen and oxygen atoms in total. The van der Waals surface area contributed by atoms with Crippen molar-refractivity contribution in [3.63, 3.8) is 0 Å². The SMILES string of the molecule is O=C(C1Cc2cc(O)ccc2CN1C(=O)CN1CCCC1)N(Cc1ccccn1)C1CCCCC1. The zero-order valence-corrected chi connectivity index (χ0v) is 20.4. The Labute approximate surface area is 207 Å². The Hall–Kier alpha value is -2.93. The number of amides is 2. The van der Waals surface area contributed by atoms with Gasteiger partial charge < -0.3 is 14.9 Å². The molecule has 1 N–H and O–H groups in total. The van der Waals surface area contributed by atoms with Crippen LogP contribution in [0.1, 0.15) is 61.8 Å². The molecule has 1 unspecified atom stereocenters. The summed E-state index contributed by atoms with van der Waals surface area (Å²) in [6.45, 7) is 3.11. The number of hydrogen-bond donors (Lipinski definition) is 1. The number of carbonyl (C=O) groups excluding carboxylic acids is 2. The maximum Gasteiger partial charge on any atom is 0.246 e. The smallest absolute Gasteiger partial charge is 0.246 e. The Morgan fingerprint density at radius 3 is 2.54 bits per heavy atom. The molecule has 2 fully saturated rings. The van der Waals surface area contributed by atoms with Crippen LogP contribution in [0.2, 0.25) is 0 Å². The number of phenols is 1. The topological polar surface area (TPSA) is 77.0 Å². The van der Waals surface area contributed by atoms with Gasteiger partial charge in [0.1, 0.15) is 11.8 Å². The minimum absolute atomic E-state index is 0.00585. The van der Waals surface area contributed by atoms with E-state index in [0.29, 0.717) is 26.1 Å². The highest BCUT2D eigenvalue weighted by Crippen LogP contribution is 2.31. The summed E-state index contributed by atoms with van der Waals surface area (Å²) >= 11 is 0. The Bertz CT molecular complexity index is 1030. The largest absolute Gasteiger partial charge is 0.508 e. The lowest BCUT2D eigenvalue weighted by molar-refractivity contribution is -0.150. The van der Waals surface area contributed by atoms with Crippen LogP contribution in [-0.2, 0) is 29.1 Å². The Kier molecular flexibility index (Phi) is 7.32. The molecule has 2 amide bonds. The number of pyridine rings is 1. The first-order valence-corrected chi connectivity index (χ1v) is 13.1. The van der Waals surface area contributed by atoms with Gasteiger partial charge in [-0.3, -0.25) is 19.5 Å². The van der Waals surface area contributed by atoms with Gasteiger partial charge >= 0.3 is 0 Å². The molecule has 1 atom stereocenters. The molecule has 1 aromatic carbocycles.